The van der Waals surface area contributed by atoms with E-state index in [1.54, 1.807) is 0 Å². The number of rotatable bonds is 1. The molecule has 0 spiro atoms. The van der Waals surface area contributed by atoms with E-state index in [2.05, 4.69) is 5.32 Å². The lowest BCUT2D eigenvalue weighted by Gasteiger charge is -2.13. The molecule has 0 aliphatic carbocycles. The van der Waals surface area contributed by atoms with Gasteiger partial charge >= 0.3 is 12.4 Å². The number of anilines is 1. The predicted molar refractivity (Wildman–Crippen MR) is 53.2 cm³/mol. The van der Waals surface area contributed by atoms with E-state index in [1.165, 1.54) is 7.05 Å². The van der Waals surface area contributed by atoms with Crippen molar-refractivity contribution in [3.8, 4) is 0 Å². The van der Waals surface area contributed by atoms with Gasteiger partial charge in [-0.05, 0) is 18.2 Å². The molecule has 0 aliphatic heterocycles. The molecule has 0 bridgehead atoms. The molecule has 0 aliphatic rings. The van der Waals surface area contributed by atoms with E-state index in [0.29, 0.717) is 12.1 Å². The lowest BCUT2D eigenvalue weighted by molar-refractivity contribution is -0.143. The van der Waals surface area contributed by atoms with Crippen LogP contribution in [0.25, 0.3) is 0 Å². The summed E-state index contributed by atoms with van der Waals surface area (Å²) in [6.07, 6.45) is -9.60. The van der Waals surface area contributed by atoms with Crippen LogP contribution in [0.3, 0.4) is 0 Å². The fraction of sp³-hybridized carbons (Fsp3) is 0.333. The van der Waals surface area contributed by atoms with Gasteiger partial charge in [0.1, 0.15) is 0 Å². The first-order valence-electron chi connectivity index (χ1n) is 4.12. The summed E-state index contributed by atoms with van der Waals surface area (Å²) in [5.41, 5.74) is -2.89. The topological polar surface area (TPSA) is 12.0 Å². The molecule has 98 valence electrons. The summed E-state index contributed by atoms with van der Waals surface area (Å²) < 4.78 is 73.7. The molecule has 8 heteroatoms. The number of nitrogens with one attached hydrogen (secondary N) is 1. The zero-order valence-corrected chi connectivity index (χ0v) is 9.22. The van der Waals surface area contributed by atoms with E-state index in [0.717, 1.165) is 0 Å². The summed E-state index contributed by atoms with van der Waals surface area (Å²) in [7, 11) is 1.25. The number of hydrogen-bond acceptors (Lipinski definition) is 1. The average molecular weight is 280 g/mol. The molecule has 17 heavy (non-hydrogen) atoms. The van der Waals surface area contributed by atoms with Crippen LogP contribution < -0.4 is 5.32 Å². The van der Waals surface area contributed by atoms with Crippen molar-refractivity contribution in [3.05, 3.63) is 29.3 Å². The van der Waals surface area contributed by atoms with Gasteiger partial charge in [0.05, 0.1) is 11.1 Å². The van der Waals surface area contributed by atoms with E-state index in [-0.39, 0.29) is 24.2 Å². The Hall–Kier alpha value is -1.11. The smallest absolute Gasteiger partial charge is 0.388 e. The molecule has 0 amide bonds. The maximum atomic E-state index is 12.3. The van der Waals surface area contributed by atoms with Gasteiger partial charge in [-0.15, -0.1) is 12.4 Å². The third kappa shape index (κ3) is 3.99. The molecule has 1 aromatic carbocycles. The van der Waals surface area contributed by atoms with Crippen molar-refractivity contribution in [3.63, 3.8) is 0 Å². The van der Waals surface area contributed by atoms with Crippen molar-refractivity contribution in [1.82, 2.24) is 0 Å². The van der Waals surface area contributed by atoms with Crippen molar-refractivity contribution in [1.29, 1.82) is 0 Å². The first kappa shape index (κ1) is 15.9. The monoisotopic (exact) mass is 279 g/mol. The van der Waals surface area contributed by atoms with Gasteiger partial charge in [0.25, 0.3) is 0 Å². The summed E-state index contributed by atoms with van der Waals surface area (Å²) in [4.78, 5) is 0. The summed E-state index contributed by atoms with van der Waals surface area (Å²) >= 11 is 0. The summed E-state index contributed by atoms with van der Waals surface area (Å²) in [5.74, 6) is 0. The molecule has 0 atom stereocenters. The molecule has 0 aromatic heterocycles. The molecule has 1 N–H and O–H groups in total. The van der Waals surface area contributed by atoms with Crippen LogP contribution in [0, 0.1) is 0 Å². The second kappa shape index (κ2) is 5.03. The van der Waals surface area contributed by atoms with E-state index < -0.39 is 23.5 Å². The van der Waals surface area contributed by atoms with Crippen molar-refractivity contribution < 1.29 is 26.3 Å². The Bertz CT molecular complexity index is 352. The third-order valence-electron chi connectivity index (χ3n) is 1.88. The van der Waals surface area contributed by atoms with E-state index in [4.69, 9.17) is 0 Å². The Kier molecular flexibility index (Phi) is 4.70. The first-order chi connectivity index (χ1) is 7.14. The van der Waals surface area contributed by atoms with Crippen LogP contribution in [0.5, 0.6) is 0 Å². The lowest BCUT2D eigenvalue weighted by atomic mass is 10.1. The minimum absolute atomic E-state index is 0. The molecule has 0 saturated heterocycles. The highest BCUT2D eigenvalue weighted by molar-refractivity contribution is 5.85. The van der Waals surface area contributed by atoms with Gasteiger partial charge < -0.3 is 5.32 Å². The second-order valence-corrected chi connectivity index (χ2v) is 3.04. The molecule has 1 aromatic rings. The molecule has 0 saturated carbocycles. The number of halogens is 7. The predicted octanol–water partition coefficient (Wildman–Crippen LogP) is 4.19. The normalized spacial score (nSPS) is 11.9. The van der Waals surface area contributed by atoms with Crippen molar-refractivity contribution in [2.24, 2.45) is 0 Å². The largest absolute Gasteiger partial charge is 0.416 e. The van der Waals surface area contributed by atoms with Gasteiger partial charge in [-0.1, -0.05) is 0 Å². The standard InChI is InChI=1S/C9H7F6N.ClH/c1-16-7-3-5(8(10,11)12)2-6(4-7)9(13,14)15;/h2-4,16H,1H3;1H. The molecule has 1 nitrogen and oxygen atoms in total. The SMILES string of the molecule is CNc1cc(C(F)(F)F)cc(C(F)(F)F)c1.Cl. The molecule has 0 radical (unpaired) electrons. The number of benzene rings is 1. The summed E-state index contributed by atoms with van der Waals surface area (Å²) in [6, 6.07) is 1.32. The van der Waals surface area contributed by atoms with E-state index >= 15 is 0 Å². The number of alkyl halides is 6. The molecule has 0 unspecified atom stereocenters. The third-order valence-corrected chi connectivity index (χ3v) is 1.88. The van der Waals surface area contributed by atoms with Crippen LogP contribution in [-0.4, -0.2) is 7.05 Å². The van der Waals surface area contributed by atoms with Gasteiger partial charge in [-0.2, -0.15) is 26.3 Å². The molecule has 1 rings (SSSR count). The van der Waals surface area contributed by atoms with Crippen LogP contribution in [0.4, 0.5) is 32.0 Å². The first-order valence-corrected chi connectivity index (χ1v) is 4.12. The highest BCUT2D eigenvalue weighted by Gasteiger charge is 2.36. The Morgan fingerprint density at radius 2 is 1.18 bits per heavy atom. The van der Waals surface area contributed by atoms with Gasteiger partial charge in [-0.25, -0.2) is 0 Å². The summed E-state index contributed by atoms with van der Waals surface area (Å²) in [6.45, 7) is 0. The Morgan fingerprint density at radius 3 is 1.41 bits per heavy atom. The van der Waals surface area contributed by atoms with Crippen LogP contribution in [0.1, 0.15) is 11.1 Å². The highest BCUT2D eigenvalue weighted by atomic mass is 35.5. The highest BCUT2D eigenvalue weighted by Crippen LogP contribution is 2.37. The molecular formula is C9H8ClF6N. The van der Waals surface area contributed by atoms with Crippen LogP contribution >= 0.6 is 12.4 Å². The van der Waals surface area contributed by atoms with Crippen molar-refractivity contribution >= 4 is 18.1 Å². The van der Waals surface area contributed by atoms with Gasteiger partial charge in [0.2, 0.25) is 0 Å². The quantitative estimate of drug-likeness (QED) is 0.760. The zero-order chi connectivity index (χ0) is 12.6. The van der Waals surface area contributed by atoms with Gasteiger partial charge in [0, 0.05) is 12.7 Å². The molecule has 0 heterocycles. The zero-order valence-electron chi connectivity index (χ0n) is 8.41. The lowest BCUT2D eigenvalue weighted by Crippen LogP contribution is -2.11. The fourth-order valence-electron chi connectivity index (χ4n) is 1.10. The van der Waals surface area contributed by atoms with Gasteiger partial charge in [0.15, 0.2) is 0 Å². The fourth-order valence-corrected chi connectivity index (χ4v) is 1.10. The average Bonchev–Trinajstić information content (AvgIpc) is 2.14. The minimum Gasteiger partial charge on any atom is -0.388 e. The minimum atomic E-state index is -4.80. The van der Waals surface area contributed by atoms with Crippen LogP contribution in [0.2, 0.25) is 0 Å². The van der Waals surface area contributed by atoms with Crippen LogP contribution in [0.15, 0.2) is 18.2 Å². The van der Waals surface area contributed by atoms with E-state index in [9.17, 15) is 26.3 Å². The van der Waals surface area contributed by atoms with Gasteiger partial charge in [-0.3, -0.25) is 0 Å². The molecular weight excluding hydrogens is 272 g/mol. The van der Waals surface area contributed by atoms with Crippen molar-refractivity contribution in [2.75, 3.05) is 12.4 Å². The summed E-state index contributed by atoms with van der Waals surface area (Å²) in [5, 5.41) is 2.25. The number of hydrogen-bond donors (Lipinski definition) is 1. The Labute approximate surface area is 99.2 Å². The second-order valence-electron chi connectivity index (χ2n) is 3.04. The Balaban J connectivity index is 0.00000256. The molecule has 0 fully saturated rings. The van der Waals surface area contributed by atoms with E-state index in [1.807, 2.05) is 0 Å². The van der Waals surface area contributed by atoms with Crippen molar-refractivity contribution in [2.45, 2.75) is 12.4 Å². The maximum absolute atomic E-state index is 12.3. The Morgan fingerprint density at radius 1 is 0.824 bits per heavy atom. The maximum Gasteiger partial charge on any atom is 0.416 e. The van der Waals surface area contributed by atoms with Crippen LogP contribution in [-0.2, 0) is 12.4 Å².